The number of nitrogens with zero attached hydrogens (tertiary/aromatic N) is 1. The van der Waals surface area contributed by atoms with Crippen LogP contribution < -0.4 is 5.32 Å². The highest BCUT2D eigenvalue weighted by Crippen LogP contribution is 2.37. The number of hydrogen-bond acceptors (Lipinski definition) is 3. The van der Waals surface area contributed by atoms with Gasteiger partial charge in [0.2, 0.25) is 11.8 Å². The van der Waals surface area contributed by atoms with E-state index in [4.69, 9.17) is 0 Å². The molecule has 1 saturated carbocycles. The summed E-state index contributed by atoms with van der Waals surface area (Å²) in [5.74, 6) is -2.07. The summed E-state index contributed by atoms with van der Waals surface area (Å²) in [6.45, 7) is 3.12. The van der Waals surface area contributed by atoms with Crippen molar-refractivity contribution in [2.75, 3.05) is 19.6 Å². The van der Waals surface area contributed by atoms with Crippen molar-refractivity contribution in [2.45, 2.75) is 26.2 Å². The van der Waals surface area contributed by atoms with E-state index < -0.39 is 17.8 Å². The zero-order valence-corrected chi connectivity index (χ0v) is 11.1. The number of carbonyl (C=O) groups is 3. The van der Waals surface area contributed by atoms with Crippen LogP contribution in [0, 0.1) is 17.8 Å². The van der Waals surface area contributed by atoms with Gasteiger partial charge in [-0.1, -0.05) is 6.92 Å². The summed E-state index contributed by atoms with van der Waals surface area (Å²) in [6.07, 6.45) is 1.87. The quantitative estimate of drug-likeness (QED) is 0.742. The lowest BCUT2D eigenvalue weighted by Crippen LogP contribution is -2.42. The molecule has 2 rings (SSSR count). The van der Waals surface area contributed by atoms with E-state index in [0.717, 1.165) is 6.42 Å². The summed E-state index contributed by atoms with van der Waals surface area (Å²) in [7, 11) is 0. The van der Waals surface area contributed by atoms with Gasteiger partial charge in [0.1, 0.15) is 0 Å². The fourth-order valence-corrected chi connectivity index (χ4v) is 3.07. The third kappa shape index (κ3) is 3.05. The fraction of sp³-hybridized carbons (Fsp3) is 0.769. The summed E-state index contributed by atoms with van der Waals surface area (Å²) in [5.41, 5.74) is 0. The SMILES string of the molecule is CC1C[C@H](C(=O)N2CCCNC(=O)C2)[C@H](C(=O)O)C1. The van der Waals surface area contributed by atoms with Crippen molar-refractivity contribution in [3.05, 3.63) is 0 Å². The molecular formula is C13H20N2O4. The molecule has 6 heteroatoms. The first-order valence-corrected chi connectivity index (χ1v) is 6.77. The average molecular weight is 268 g/mol. The first-order chi connectivity index (χ1) is 8.99. The molecule has 0 aromatic carbocycles. The largest absolute Gasteiger partial charge is 0.481 e. The molecule has 6 nitrogen and oxygen atoms in total. The van der Waals surface area contributed by atoms with Crippen molar-refractivity contribution in [2.24, 2.45) is 17.8 Å². The van der Waals surface area contributed by atoms with Gasteiger partial charge in [-0.05, 0) is 25.2 Å². The number of carboxylic acid groups (broad SMARTS) is 1. The molecule has 2 N–H and O–H groups in total. The summed E-state index contributed by atoms with van der Waals surface area (Å²) in [5, 5.41) is 11.9. The maximum absolute atomic E-state index is 12.4. The summed E-state index contributed by atoms with van der Waals surface area (Å²) >= 11 is 0. The topological polar surface area (TPSA) is 86.7 Å². The third-order valence-electron chi connectivity index (χ3n) is 4.01. The second kappa shape index (κ2) is 5.59. The van der Waals surface area contributed by atoms with Gasteiger partial charge < -0.3 is 15.3 Å². The molecular weight excluding hydrogens is 248 g/mol. The Labute approximate surface area is 112 Å². The van der Waals surface area contributed by atoms with Gasteiger partial charge in [0.05, 0.1) is 18.4 Å². The number of amides is 2. The van der Waals surface area contributed by atoms with Gasteiger partial charge in [0, 0.05) is 13.1 Å². The Morgan fingerprint density at radius 2 is 2.00 bits per heavy atom. The molecule has 2 amide bonds. The summed E-state index contributed by atoms with van der Waals surface area (Å²) in [6, 6.07) is 0. The number of carbonyl (C=O) groups excluding carboxylic acids is 2. The van der Waals surface area contributed by atoms with Crippen molar-refractivity contribution in [3.8, 4) is 0 Å². The highest BCUT2D eigenvalue weighted by atomic mass is 16.4. The van der Waals surface area contributed by atoms with Crippen LogP contribution in [0.4, 0.5) is 0 Å². The van der Waals surface area contributed by atoms with Crippen LogP contribution in [-0.4, -0.2) is 47.4 Å². The van der Waals surface area contributed by atoms with E-state index in [0.29, 0.717) is 25.9 Å². The highest BCUT2D eigenvalue weighted by Gasteiger charge is 2.43. The van der Waals surface area contributed by atoms with Crippen LogP contribution in [0.15, 0.2) is 0 Å². The molecule has 0 radical (unpaired) electrons. The van der Waals surface area contributed by atoms with Crippen molar-refractivity contribution in [1.29, 1.82) is 0 Å². The fourth-order valence-electron chi connectivity index (χ4n) is 3.07. The molecule has 1 heterocycles. The van der Waals surface area contributed by atoms with Crippen molar-refractivity contribution >= 4 is 17.8 Å². The zero-order valence-electron chi connectivity index (χ0n) is 11.1. The molecule has 2 aliphatic rings. The Morgan fingerprint density at radius 1 is 1.32 bits per heavy atom. The van der Waals surface area contributed by atoms with Crippen LogP contribution in [0.3, 0.4) is 0 Å². The van der Waals surface area contributed by atoms with Crippen LogP contribution in [-0.2, 0) is 14.4 Å². The molecule has 19 heavy (non-hydrogen) atoms. The molecule has 0 aromatic rings. The average Bonchev–Trinajstić information content (AvgIpc) is 2.61. The van der Waals surface area contributed by atoms with Crippen LogP contribution in [0.1, 0.15) is 26.2 Å². The Bertz CT molecular complexity index is 396. The molecule has 106 valence electrons. The van der Waals surface area contributed by atoms with Crippen LogP contribution >= 0.6 is 0 Å². The van der Waals surface area contributed by atoms with E-state index in [-0.39, 0.29) is 24.3 Å². The van der Waals surface area contributed by atoms with Gasteiger partial charge in [0.25, 0.3) is 0 Å². The van der Waals surface area contributed by atoms with Crippen LogP contribution in [0.2, 0.25) is 0 Å². The Balaban J connectivity index is 2.09. The minimum atomic E-state index is -0.901. The molecule has 1 saturated heterocycles. The minimum absolute atomic E-state index is 0.0516. The molecule has 2 fully saturated rings. The number of rotatable bonds is 2. The maximum atomic E-state index is 12.4. The summed E-state index contributed by atoms with van der Waals surface area (Å²) < 4.78 is 0. The maximum Gasteiger partial charge on any atom is 0.307 e. The normalized spacial score (nSPS) is 31.7. The Hall–Kier alpha value is -1.59. The van der Waals surface area contributed by atoms with Crippen molar-refractivity contribution in [3.63, 3.8) is 0 Å². The van der Waals surface area contributed by atoms with E-state index in [1.807, 2.05) is 6.92 Å². The lowest BCUT2D eigenvalue weighted by molar-refractivity contribution is -0.149. The van der Waals surface area contributed by atoms with Crippen LogP contribution in [0.5, 0.6) is 0 Å². The minimum Gasteiger partial charge on any atom is -0.481 e. The van der Waals surface area contributed by atoms with Crippen molar-refractivity contribution in [1.82, 2.24) is 10.2 Å². The van der Waals surface area contributed by atoms with Gasteiger partial charge in [-0.15, -0.1) is 0 Å². The Kier molecular flexibility index (Phi) is 4.07. The van der Waals surface area contributed by atoms with Crippen molar-refractivity contribution < 1.29 is 19.5 Å². The molecule has 1 unspecified atom stereocenters. The lowest BCUT2D eigenvalue weighted by Gasteiger charge is -2.24. The molecule has 0 bridgehead atoms. The number of hydrogen-bond donors (Lipinski definition) is 2. The molecule has 1 aliphatic heterocycles. The number of carboxylic acids is 1. The second-order valence-electron chi connectivity index (χ2n) is 5.59. The van der Waals surface area contributed by atoms with Gasteiger partial charge >= 0.3 is 5.97 Å². The third-order valence-corrected chi connectivity index (χ3v) is 4.01. The first-order valence-electron chi connectivity index (χ1n) is 6.77. The zero-order chi connectivity index (χ0) is 14.0. The van der Waals surface area contributed by atoms with Gasteiger partial charge in [0.15, 0.2) is 0 Å². The summed E-state index contributed by atoms with van der Waals surface area (Å²) in [4.78, 5) is 36.7. The highest BCUT2D eigenvalue weighted by molar-refractivity contribution is 5.89. The van der Waals surface area contributed by atoms with E-state index in [9.17, 15) is 19.5 Å². The second-order valence-corrected chi connectivity index (χ2v) is 5.59. The van der Waals surface area contributed by atoms with Gasteiger partial charge in [-0.3, -0.25) is 14.4 Å². The number of nitrogens with one attached hydrogen (secondary N) is 1. The van der Waals surface area contributed by atoms with E-state index >= 15 is 0 Å². The lowest BCUT2D eigenvalue weighted by atomic mass is 9.94. The van der Waals surface area contributed by atoms with Crippen LogP contribution in [0.25, 0.3) is 0 Å². The molecule has 1 aliphatic carbocycles. The van der Waals surface area contributed by atoms with E-state index in [1.54, 1.807) is 0 Å². The number of aliphatic carboxylic acids is 1. The van der Waals surface area contributed by atoms with Gasteiger partial charge in [-0.25, -0.2) is 0 Å². The predicted octanol–water partition coefficient (Wildman–Crippen LogP) is 0.0818. The molecule has 0 spiro atoms. The first kappa shape index (κ1) is 13.8. The Morgan fingerprint density at radius 3 is 2.68 bits per heavy atom. The van der Waals surface area contributed by atoms with E-state index in [1.165, 1.54) is 4.90 Å². The van der Waals surface area contributed by atoms with Gasteiger partial charge in [-0.2, -0.15) is 0 Å². The molecule has 0 aromatic heterocycles. The van der Waals surface area contributed by atoms with E-state index in [2.05, 4.69) is 5.32 Å². The monoisotopic (exact) mass is 268 g/mol. The smallest absolute Gasteiger partial charge is 0.307 e. The standard InChI is InChI=1S/C13H20N2O4/c1-8-5-9(10(6-8)13(18)19)12(17)15-4-2-3-14-11(16)7-15/h8-10H,2-7H2,1H3,(H,14,16)(H,18,19)/t8?,9-,10+/m0/s1. The molecule has 3 atom stereocenters. The predicted molar refractivity (Wildman–Crippen MR) is 67.2 cm³/mol.